The molecule has 66 heavy (non-hydrogen) atoms. The number of halogens is 5. The van der Waals surface area contributed by atoms with E-state index in [0.717, 1.165) is 25.0 Å². The number of benzene rings is 5. The van der Waals surface area contributed by atoms with Crippen molar-refractivity contribution < 1.29 is 33.5 Å². The summed E-state index contributed by atoms with van der Waals surface area (Å²) in [6.45, 7) is 7.44. The Morgan fingerprint density at radius 3 is 1.32 bits per heavy atom. The molecule has 0 spiro atoms. The lowest BCUT2D eigenvalue weighted by Crippen LogP contribution is -2.32. The van der Waals surface area contributed by atoms with Crippen molar-refractivity contribution in [1.29, 1.82) is 0 Å². The molecule has 0 bridgehead atoms. The molecule has 0 aliphatic carbocycles. The third-order valence-electron chi connectivity index (χ3n) is 9.19. The van der Waals surface area contributed by atoms with Crippen molar-refractivity contribution in [3.8, 4) is 5.75 Å². The van der Waals surface area contributed by atoms with Crippen LogP contribution in [0.5, 0.6) is 5.75 Å². The molecule has 5 unspecified atom stereocenters. The monoisotopic (exact) mass is 992 g/mol. The molecule has 5 aromatic carbocycles. The van der Waals surface area contributed by atoms with Crippen molar-refractivity contribution in [3.05, 3.63) is 135 Å². The highest BCUT2D eigenvalue weighted by Gasteiger charge is 2.27. The molecule has 0 saturated carbocycles. The van der Waals surface area contributed by atoms with Crippen LogP contribution in [0.25, 0.3) is 0 Å². The minimum absolute atomic E-state index is 0.0320. The predicted octanol–water partition coefficient (Wildman–Crippen LogP) is 12.4. The Hall–Kier alpha value is -6.23. The van der Waals surface area contributed by atoms with Crippen molar-refractivity contribution in [2.45, 2.75) is 63.0 Å². The van der Waals surface area contributed by atoms with Gasteiger partial charge in [0.15, 0.2) is 17.1 Å². The van der Waals surface area contributed by atoms with Crippen molar-refractivity contribution >= 4 is 127 Å². The van der Waals surface area contributed by atoms with E-state index in [4.69, 9.17) is 62.7 Å². The molecule has 0 aliphatic heterocycles. The molecule has 0 radical (unpaired) electrons. The Kier molecular flexibility index (Phi) is 17.9. The Morgan fingerprint density at radius 1 is 0.515 bits per heavy atom. The molecule has 5 atom stereocenters. The number of nitrogens with one attached hydrogen (secondary N) is 4. The molecule has 15 nitrogen and oxygen atoms in total. The van der Waals surface area contributed by atoms with Crippen LogP contribution in [0.3, 0.4) is 0 Å². The van der Waals surface area contributed by atoms with Gasteiger partial charge in [-0.25, -0.2) is 0 Å². The molecule has 4 N–H and O–H groups in total. The second kappa shape index (κ2) is 23.3. The van der Waals surface area contributed by atoms with Crippen molar-refractivity contribution in [2.75, 3.05) is 21.3 Å². The number of alkyl halides is 3. The lowest BCUT2D eigenvalue weighted by Gasteiger charge is -2.17. The van der Waals surface area contributed by atoms with Crippen LogP contribution < -0.4 is 26.0 Å². The van der Waals surface area contributed by atoms with Gasteiger partial charge >= 0.3 is 0 Å². The minimum Gasteiger partial charge on any atom is -0.473 e. The SMILES string of the molecule is CC(=O)C(N=Nc1cc(Cl)cc(C(=O)Nc2ccc(C(C)Cl)cc2)c1)C(=O)Nc1ccc(NC(=O)C(N=Nc2cc(Cl)cc(C(=O)Nc3ccc(C(C)Cl)cc3)c2)C(C)=O)c(OC(C)Cl)c1. The summed E-state index contributed by atoms with van der Waals surface area (Å²) in [5.41, 5.74) is 2.42. The van der Waals surface area contributed by atoms with Gasteiger partial charge in [-0.2, -0.15) is 20.5 Å². The van der Waals surface area contributed by atoms with Crippen molar-refractivity contribution in [2.24, 2.45) is 20.5 Å². The largest absolute Gasteiger partial charge is 0.473 e. The predicted molar refractivity (Wildman–Crippen MR) is 258 cm³/mol. The average Bonchev–Trinajstić information content (AvgIpc) is 3.24. The number of hydrogen-bond acceptors (Lipinski definition) is 11. The number of anilines is 4. The van der Waals surface area contributed by atoms with Gasteiger partial charge in [0, 0.05) is 44.3 Å². The number of amides is 4. The van der Waals surface area contributed by atoms with E-state index in [9.17, 15) is 28.8 Å². The maximum Gasteiger partial charge on any atom is 0.258 e. The van der Waals surface area contributed by atoms with Crippen molar-refractivity contribution in [1.82, 2.24) is 0 Å². The summed E-state index contributed by atoms with van der Waals surface area (Å²) in [5, 5.41) is 26.5. The summed E-state index contributed by atoms with van der Waals surface area (Å²) in [6, 6.07) is 23.1. The zero-order valence-electron chi connectivity index (χ0n) is 35.7. The number of rotatable bonds is 18. The third kappa shape index (κ3) is 14.6. The number of hydrogen-bond donors (Lipinski definition) is 4. The number of carbonyl (C=O) groups excluding carboxylic acids is 6. The van der Waals surface area contributed by atoms with Gasteiger partial charge in [-0.05, 0) is 119 Å². The minimum atomic E-state index is -1.66. The summed E-state index contributed by atoms with van der Waals surface area (Å²) in [4.78, 5) is 78.3. The normalized spacial score (nSPS) is 13.5. The quantitative estimate of drug-likeness (QED) is 0.0379. The second-order valence-electron chi connectivity index (χ2n) is 14.6. The first-order valence-corrected chi connectivity index (χ1v) is 21.9. The van der Waals surface area contributed by atoms with E-state index in [2.05, 4.69) is 41.7 Å². The average molecular weight is 995 g/mol. The molecule has 5 aromatic rings. The van der Waals surface area contributed by atoms with Gasteiger partial charge in [0.05, 0.1) is 27.8 Å². The summed E-state index contributed by atoms with van der Waals surface area (Å²) >= 11 is 31.0. The van der Waals surface area contributed by atoms with Gasteiger partial charge in [0.25, 0.3) is 23.6 Å². The lowest BCUT2D eigenvalue weighted by molar-refractivity contribution is -0.127. The van der Waals surface area contributed by atoms with E-state index in [0.29, 0.717) is 11.4 Å². The number of Topliss-reactive ketones (excluding diaryl/α,β-unsaturated/α-hetero) is 2. The van der Waals surface area contributed by atoms with Gasteiger partial charge in [0.2, 0.25) is 12.1 Å². The first-order valence-electron chi connectivity index (χ1n) is 19.9. The van der Waals surface area contributed by atoms with Crippen LogP contribution in [0.1, 0.15) is 77.2 Å². The highest BCUT2D eigenvalue weighted by Crippen LogP contribution is 2.32. The number of ether oxygens (including phenoxy) is 1. The fourth-order valence-electron chi connectivity index (χ4n) is 5.87. The number of nitrogens with zero attached hydrogens (tertiary/aromatic N) is 4. The first kappa shape index (κ1) is 50.8. The van der Waals surface area contributed by atoms with Crippen LogP contribution in [0.4, 0.5) is 34.1 Å². The molecular weight excluding hydrogens is 954 g/mol. The van der Waals surface area contributed by atoms with Gasteiger partial charge in [0.1, 0.15) is 5.75 Å². The van der Waals surface area contributed by atoms with E-state index >= 15 is 0 Å². The van der Waals surface area contributed by atoms with Crippen LogP contribution in [-0.2, 0) is 19.2 Å². The molecule has 342 valence electrons. The first-order chi connectivity index (χ1) is 31.3. The fraction of sp³-hybridized carbons (Fsp3) is 0.217. The maximum atomic E-state index is 13.5. The number of ketones is 2. The molecule has 4 amide bonds. The molecule has 0 heterocycles. The molecule has 5 rings (SSSR count). The number of carbonyl (C=O) groups is 6. The highest BCUT2D eigenvalue weighted by molar-refractivity contribution is 6.32. The molecule has 0 aliphatic rings. The fourth-order valence-corrected chi connectivity index (χ4v) is 6.71. The Balaban J connectivity index is 1.28. The summed E-state index contributed by atoms with van der Waals surface area (Å²) in [6.07, 6.45) is 0. The highest BCUT2D eigenvalue weighted by atomic mass is 35.5. The Labute approximate surface area is 404 Å². The van der Waals surface area contributed by atoms with Crippen LogP contribution in [-0.4, -0.2) is 52.8 Å². The van der Waals surface area contributed by atoms with E-state index in [-0.39, 0.29) is 60.4 Å². The summed E-state index contributed by atoms with van der Waals surface area (Å²) in [7, 11) is 0. The van der Waals surface area contributed by atoms with E-state index in [1.807, 2.05) is 13.8 Å². The standard InChI is InChI=1S/C46H41Cl5N8O7/c1-23(47)28-6-10-34(11-7-28)52-43(62)30-16-32(50)20-37(18-30)56-58-41(25(3)60)45(64)54-36-14-15-39(40(22-36)66-27(5)49)55-46(65)42(26(4)61)59-57-38-19-31(17-33(51)21-38)44(63)53-35-12-8-29(9-13-35)24(2)48/h6-24,27,41-42H,1-5H3,(H,52,62)(H,53,63)(H,54,64)(H,55,65). The molecule has 0 saturated heterocycles. The lowest BCUT2D eigenvalue weighted by atomic mass is 10.1. The Bertz CT molecular complexity index is 2700. The van der Waals surface area contributed by atoms with Crippen LogP contribution in [0.2, 0.25) is 10.0 Å². The van der Waals surface area contributed by atoms with Crippen LogP contribution in [0.15, 0.2) is 124 Å². The van der Waals surface area contributed by atoms with Gasteiger partial charge in [-0.1, -0.05) is 59.1 Å². The van der Waals surface area contributed by atoms with Gasteiger partial charge < -0.3 is 26.0 Å². The van der Waals surface area contributed by atoms with Crippen molar-refractivity contribution in [3.63, 3.8) is 0 Å². The Morgan fingerprint density at radius 2 is 0.924 bits per heavy atom. The summed E-state index contributed by atoms with van der Waals surface area (Å²) < 4.78 is 5.70. The zero-order valence-corrected chi connectivity index (χ0v) is 39.5. The molecule has 0 fully saturated rings. The second-order valence-corrected chi connectivity index (χ2v) is 17.4. The van der Waals surface area contributed by atoms with Crippen LogP contribution in [0, 0.1) is 0 Å². The third-order valence-corrected chi connectivity index (χ3v) is 10.2. The van der Waals surface area contributed by atoms with Crippen LogP contribution >= 0.6 is 58.0 Å². The smallest absolute Gasteiger partial charge is 0.258 e. The van der Waals surface area contributed by atoms with Gasteiger partial charge in [-0.3, -0.25) is 28.8 Å². The molecule has 0 aromatic heterocycles. The van der Waals surface area contributed by atoms with E-state index in [1.54, 1.807) is 48.5 Å². The number of azo groups is 2. The van der Waals surface area contributed by atoms with E-state index < -0.39 is 52.8 Å². The maximum absolute atomic E-state index is 13.5. The zero-order chi connectivity index (χ0) is 48.2. The topological polar surface area (TPSA) is 209 Å². The summed E-state index contributed by atoms with van der Waals surface area (Å²) in [5.74, 6) is -4.15. The molecule has 20 heteroatoms. The molecular formula is C46H41Cl5N8O7. The van der Waals surface area contributed by atoms with Gasteiger partial charge in [-0.15, -0.1) is 23.2 Å². The van der Waals surface area contributed by atoms with E-state index in [1.165, 1.54) is 61.5 Å².